The van der Waals surface area contributed by atoms with E-state index in [2.05, 4.69) is 4.72 Å². The summed E-state index contributed by atoms with van der Waals surface area (Å²) in [5.41, 5.74) is 6.77. The molecule has 0 aliphatic carbocycles. The second-order valence-corrected chi connectivity index (χ2v) is 8.47. The van der Waals surface area contributed by atoms with Crippen molar-refractivity contribution in [3.05, 3.63) is 44.1 Å². The number of sulfonamides is 1. The molecule has 114 valence electrons. The summed E-state index contributed by atoms with van der Waals surface area (Å²) >= 11 is 13.2. The number of benzene rings is 1. The van der Waals surface area contributed by atoms with Crippen molar-refractivity contribution >= 4 is 50.2 Å². The van der Waals surface area contributed by atoms with Crippen molar-refractivity contribution in [3.63, 3.8) is 0 Å². The van der Waals surface area contributed by atoms with Gasteiger partial charge >= 0.3 is 0 Å². The topological polar surface area (TPSA) is 72.2 Å². The third-order valence-electron chi connectivity index (χ3n) is 3.02. The van der Waals surface area contributed by atoms with E-state index in [1.807, 2.05) is 0 Å². The van der Waals surface area contributed by atoms with Crippen LogP contribution in [-0.4, -0.2) is 8.42 Å². The summed E-state index contributed by atoms with van der Waals surface area (Å²) in [6.07, 6.45) is 0. The Morgan fingerprint density at radius 2 is 1.95 bits per heavy atom. The first-order valence-electron chi connectivity index (χ1n) is 6.04. The van der Waals surface area contributed by atoms with Crippen LogP contribution in [-0.2, 0) is 10.0 Å². The molecule has 0 saturated carbocycles. The molecule has 1 aromatic heterocycles. The number of nitrogens with two attached hydrogens (primary N) is 1. The second kappa shape index (κ2) is 6.14. The predicted molar refractivity (Wildman–Crippen MR) is 88.7 cm³/mol. The lowest BCUT2D eigenvalue weighted by Gasteiger charge is -2.14. The van der Waals surface area contributed by atoms with Gasteiger partial charge in [-0.3, -0.25) is 0 Å². The number of nitrogens with one attached hydrogen (secondary N) is 1. The maximum Gasteiger partial charge on any atom is 0.241 e. The number of hydrogen-bond acceptors (Lipinski definition) is 4. The largest absolute Gasteiger partial charge is 0.398 e. The zero-order chi connectivity index (χ0) is 15.8. The summed E-state index contributed by atoms with van der Waals surface area (Å²) < 4.78 is 28.0. The Balaban J connectivity index is 2.30. The summed E-state index contributed by atoms with van der Waals surface area (Å²) in [5.74, 6) is 0. The minimum absolute atomic E-state index is 0.0464. The van der Waals surface area contributed by atoms with E-state index in [0.717, 1.165) is 4.88 Å². The van der Waals surface area contributed by atoms with E-state index in [-0.39, 0.29) is 4.90 Å². The molecule has 1 aromatic carbocycles. The number of thiophene rings is 1. The standard InChI is InChI=1S/C13H14Cl2N2O2S2/c1-7-10(14)5-9(6-11(7)16)21(18,19)17-8(2)12-3-4-13(15)20-12/h3-6,8,17H,16H2,1-2H3. The monoisotopic (exact) mass is 364 g/mol. The van der Waals surface area contributed by atoms with Gasteiger partial charge in [-0.1, -0.05) is 23.2 Å². The Labute approximate surface area is 137 Å². The van der Waals surface area contributed by atoms with Crippen LogP contribution in [0.3, 0.4) is 0 Å². The first kappa shape index (κ1) is 16.6. The Bertz CT molecular complexity index is 749. The van der Waals surface area contributed by atoms with Crippen molar-refractivity contribution in [2.24, 2.45) is 0 Å². The SMILES string of the molecule is Cc1c(N)cc(S(=O)(=O)NC(C)c2ccc(Cl)s2)cc1Cl. The molecular weight excluding hydrogens is 351 g/mol. The summed E-state index contributed by atoms with van der Waals surface area (Å²) in [5, 5.41) is 0.321. The molecule has 0 aliphatic rings. The lowest BCUT2D eigenvalue weighted by molar-refractivity contribution is 0.568. The van der Waals surface area contributed by atoms with E-state index in [9.17, 15) is 8.42 Å². The summed E-state index contributed by atoms with van der Waals surface area (Å²) in [6.45, 7) is 3.48. The van der Waals surface area contributed by atoms with Crippen LogP contribution in [0.15, 0.2) is 29.2 Å². The number of halogens is 2. The van der Waals surface area contributed by atoms with Crippen LogP contribution in [0.1, 0.15) is 23.4 Å². The van der Waals surface area contributed by atoms with Crippen molar-refractivity contribution in [2.75, 3.05) is 5.73 Å². The summed E-state index contributed by atoms with van der Waals surface area (Å²) in [7, 11) is -3.71. The Morgan fingerprint density at radius 1 is 1.29 bits per heavy atom. The van der Waals surface area contributed by atoms with E-state index in [0.29, 0.717) is 20.6 Å². The molecule has 0 fully saturated rings. The molecule has 2 aromatic rings. The van der Waals surface area contributed by atoms with Crippen molar-refractivity contribution < 1.29 is 8.42 Å². The normalized spacial score (nSPS) is 13.3. The van der Waals surface area contributed by atoms with Gasteiger partial charge in [-0.2, -0.15) is 0 Å². The van der Waals surface area contributed by atoms with Crippen LogP contribution in [0.5, 0.6) is 0 Å². The van der Waals surface area contributed by atoms with E-state index in [1.165, 1.54) is 23.5 Å². The van der Waals surface area contributed by atoms with Gasteiger partial charge in [0.25, 0.3) is 0 Å². The van der Waals surface area contributed by atoms with Crippen LogP contribution in [0.4, 0.5) is 5.69 Å². The first-order chi connectivity index (χ1) is 9.70. The fraction of sp³-hybridized carbons (Fsp3) is 0.231. The third kappa shape index (κ3) is 3.70. The highest BCUT2D eigenvalue weighted by atomic mass is 35.5. The minimum Gasteiger partial charge on any atom is -0.398 e. The first-order valence-corrected chi connectivity index (χ1v) is 9.09. The van der Waals surface area contributed by atoms with Gasteiger partial charge in [0.15, 0.2) is 0 Å². The summed E-state index contributed by atoms with van der Waals surface area (Å²) in [4.78, 5) is 0.875. The van der Waals surface area contributed by atoms with Crippen molar-refractivity contribution in [3.8, 4) is 0 Å². The molecule has 0 aliphatic heterocycles. The van der Waals surface area contributed by atoms with Gasteiger partial charge in [0.1, 0.15) is 0 Å². The maximum absolute atomic E-state index is 12.4. The van der Waals surface area contributed by atoms with Crippen LogP contribution in [0, 0.1) is 6.92 Å². The molecule has 1 atom stereocenters. The van der Waals surface area contributed by atoms with E-state index in [1.54, 1.807) is 26.0 Å². The van der Waals surface area contributed by atoms with E-state index >= 15 is 0 Å². The van der Waals surface area contributed by atoms with Gasteiger partial charge in [-0.05, 0) is 43.7 Å². The molecule has 0 bridgehead atoms. The Hall–Kier alpha value is -0.790. The van der Waals surface area contributed by atoms with Crippen LogP contribution >= 0.6 is 34.5 Å². The van der Waals surface area contributed by atoms with Gasteiger partial charge in [0.2, 0.25) is 10.0 Å². The average Bonchev–Trinajstić information content (AvgIpc) is 2.81. The Kier molecular flexibility index (Phi) is 4.85. The summed E-state index contributed by atoms with van der Waals surface area (Å²) in [6, 6.07) is 5.92. The van der Waals surface area contributed by atoms with Crippen molar-refractivity contribution in [2.45, 2.75) is 24.8 Å². The fourth-order valence-corrected chi connectivity index (χ4v) is 4.46. The molecule has 0 radical (unpaired) electrons. The zero-order valence-corrected chi connectivity index (χ0v) is 14.5. The molecule has 0 saturated heterocycles. The lowest BCUT2D eigenvalue weighted by Crippen LogP contribution is -2.26. The molecule has 1 unspecified atom stereocenters. The van der Waals surface area contributed by atoms with Gasteiger partial charge in [0.05, 0.1) is 15.3 Å². The third-order valence-corrected chi connectivity index (χ3v) is 6.35. The quantitative estimate of drug-likeness (QED) is 0.805. The molecule has 8 heteroatoms. The average molecular weight is 365 g/mol. The van der Waals surface area contributed by atoms with Crippen molar-refractivity contribution in [1.29, 1.82) is 0 Å². The van der Waals surface area contributed by atoms with Crippen LogP contribution in [0.25, 0.3) is 0 Å². The molecular formula is C13H14Cl2N2O2S2. The zero-order valence-electron chi connectivity index (χ0n) is 11.4. The van der Waals surface area contributed by atoms with E-state index < -0.39 is 16.1 Å². The van der Waals surface area contributed by atoms with Gasteiger partial charge in [-0.25, -0.2) is 13.1 Å². The highest BCUT2D eigenvalue weighted by Crippen LogP contribution is 2.29. The second-order valence-electron chi connectivity index (χ2n) is 4.60. The van der Waals surface area contributed by atoms with Gasteiger partial charge < -0.3 is 5.73 Å². The number of anilines is 1. The molecule has 2 rings (SSSR count). The Morgan fingerprint density at radius 3 is 2.48 bits per heavy atom. The molecule has 21 heavy (non-hydrogen) atoms. The maximum atomic E-state index is 12.4. The van der Waals surface area contributed by atoms with Crippen molar-refractivity contribution in [1.82, 2.24) is 4.72 Å². The van der Waals surface area contributed by atoms with Crippen LogP contribution < -0.4 is 10.5 Å². The van der Waals surface area contributed by atoms with Gasteiger partial charge in [0, 0.05) is 15.6 Å². The van der Waals surface area contributed by atoms with E-state index in [4.69, 9.17) is 28.9 Å². The molecule has 3 N–H and O–H groups in total. The van der Waals surface area contributed by atoms with Crippen LogP contribution in [0.2, 0.25) is 9.36 Å². The molecule has 4 nitrogen and oxygen atoms in total. The lowest BCUT2D eigenvalue weighted by atomic mass is 10.2. The molecule has 0 amide bonds. The van der Waals surface area contributed by atoms with Gasteiger partial charge in [-0.15, -0.1) is 11.3 Å². The molecule has 1 heterocycles. The number of rotatable bonds is 4. The smallest absolute Gasteiger partial charge is 0.241 e. The fourth-order valence-electron chi connectivity index (χ4n) is 1.75. The molecule has 0 spiro atoms. The predicted octanol–water partition coefficient (Wildman–Crippen LogP) is 3.99. The highest BCUT2D eigenvalue weighted by molar-refractivity contribution is 7.89. The number of hydrogen-bond donors (Lipinski definition) is 2. The number of nitrogen functional groups attached to an aromatic ring is 1. The highest BCUT2D eigenvalue weighted by Gasteiger charge is 2.21. The minimum atomic E-state index is -3.71.